The molecule has 0 N–H and O–H groups in total. The van der Waals surface area contributed by atoms with E-state index in [9.17, 15) is 14.4 Å². The summed E-state index contributed by atoms with van der Waals surface area (Å²) in [5.41, 5.74) is 0.785. The molecule has 1 aliphatic carbocycles. The Morgan fingerprint density at radius 2 is 1.52 bits per heavy atom. The number of nitrogens with zero attached hydrogens (tertiary/aromatic N) is 2. The van der Waals surface area contributed by atoms with Crippen LogP contribution in [0.4, 0.5) is 0 Å². The van der Waals surface area contributed by atoms with Crippen molar-refractivity contribution in [1.29, 1.82) is 5.26 Å². The minimum atomic E-state index is -0.913. The van der Waals surface area contributed by atoms with Gasteiger partial charge in [-0.25, -0.2) is 4.79 Å². The van der Waals surface area contributed by atoms with E-state index in [1.54, 1.807) is 36.4 Å². The molecule has 1 heterocycles. The highest BCUT2D eigenvalue weighted by Crippen LogP contribution is 2.43. The smallest absolute Gasteiger partial charge is 0.329 e. The fourth-order valence-electron chi connectivity index (χ4n) is 3.87. The predicted octanol–water partition coefficient (Wildman–Crippen LogP) is 3.12. The molecule has 0 bridgehead atoms. The van der Waals surface area contributed by atoms with Gasteiger partial charge in [0.05, 0.1) is 28.2 Å². The largest absolute Gasteiger partial charge is 0.343 e. The number of benzene rings is 2. The normalized spacial score (nSPS) is 17.5. The molecule has 1 aliphatic heterocycles. The molecule has 2 aromatic carbocycles. The lowest BCUT2D eigenvalue weighted by Crippen LogP contribution is -2.42. The van der Waals surface area contributed by atoms with Crippen molar-refractivity contribution in [2.75, 3.05) is 0 Å². The highest BCUT2D eigenvalue weighted by Gasteiger charge is 2.48. The SMILES string of the molecule is N#Cc1ccc(C2(C(=O)ON3C(=O)c4ccccc4C3=O)CCCC2)cc1. The van der Waals surface area contributed by atoms with Crippen LogP contribution in [0, 0.1) is 11.3 Å². The first kappa shape index (κ1) is 17.0. The molecule has 134 valence electrons. The number of hydrogen-bond acceptors (Lipinski definition) is 5. The van der Waals surface area contributed by atoms with Gasteiger partial charge in [-0.2, -0.15) is 5.26 Å². The van der Waals surface area contributed by atoms with Crippen molar-refractivity contribution in [3.8, 4) is 6.07 Å². The van der Waals surface area contributed by atoms with Crippen LogP contribution in [0.15, 0.2) is 48.5 Å². The van der Waals surface area contributed by atoms with Gasteiger partial charge in [0.15, 0.2) is 0 Å². The standard InChI is InChI=1S/C21H16N2O4/c22-13-14-7-9-15(10-8-14)21(11-3-4-12-21)20(26)27-23-18(24)16-5-1-2-6-17(16)19(23)25/h1-2,5-10H,3-4,11-12H2. The Balaban J connectivity index is 1.63. The summed E-state index contributed by atoms with van der Waals surface area (Å²) in [6.07, 6.45) is 2.83. The maximum atomic E-state index is 13.1. The number of hydroxylamine groups is 2. The first-order valence-corrected chi connectivity index (χ1v) is 8.78. The number of imide groups is 1. The third-order valence-electron chi connectivity index (χ3n) is 5.35. The summed E-state index contributed by atoms with van der Waals surface area (Å²) >= 11 is 0. The molecular formula is C21H16N2O4. The second-order valence-corrected chi connectivity index (χ2v) is 6.81. The van der Waals surface area contributed by atoms with E-state index in [2.05, 4.69) is 6.07 Å². The summed E-state index contributed by atoms with van der Waals surface area (Å²) in [7, 11) is 0. The van der Waals surface area contributed by atoms with Gasteiger partial charge in [0.1, 0.15) is 0 Å². The molecule has 2 aliphatic rings. The Hall–Kier alpha value is -3.46. The fraction of sp³-hybridized carbons (Fsp3) is 0.238. The van der Waals surface area contributed by atoms with Gasteiger partial charge in [-0.3, -0.25) is 9.59 Å². The van der Waals surface area contributed by atoms with E-state index in [4.69, 9.17) is 10.1 Å². The minimum Gasteiger partial charge on any atom is -0.329 e. The Bertz CT molecular complexity index is 947. The van der Waals surface area contributed by atoms with Crippen molar-refractivity contribution in [1.82, 2.24) is 5.06 Å². The maximum Gasteiger partial charge on any atom is 0.343 e. The van der Waals surface area contributed by atoms with Crippen LogP contribution in [-0.4, -0.2) is 22.8 Å². The van der Waals surface area contributed by atoms with Crippen LogP contribution in [0.25, 0.3) is 0 Å². The third-order valence-corrected chi connectivity index (χ3v) is 5.35. The molecule has 0 aromatic heterocycles. The lowest BCUT2D eigenvalue weighted by Gasteiger charge is -2.28. The Kier molecular flexibility index (Phi) is 4.00. The minimum absolute atomic E-state index is 0.231. The first-order valence-electron chi connectivity index (χ1n) is 8.78. The van der Waals surface area contributed by atoms with Gasteiger partial charge in [0, 0.05) is 0 Å². The van der Waals surface area contributed by atoms with E-state index < -0.39 is 23.2 Å². The van der Waals surface area contributed by atoms with Crippen LogP contribution in [0.1, 0.15) is 57.5 Å². The number of carbonyl (C=O) groups excluding carboxylic acids is 3. The van der Waals surface area contributed by atoms with Gasteiger partial charge in [-0.1, -0.05) is 42.2 Å². The zero-order chi connectivity index (χ0) is 19.0. The van der Waals surface area contributed by atoms with Gasteiger partial charge < -0.3 is 4.84 Å². The number of nitriles is 1. The van der Waals surface area contributed by atoms with Crippen LogP contribution < -0.4 is 0 Å². The zero-order valence-electron chi connectivity index (χ0n) is 14.5. The molecule has 2 amide bonds. The van der Waals surface area contributed by atoms with Crippen molar-refractivity contribution >= 4 is 17.8 Å². The van der Waals surface area contributed by atoms with Crippen molar-refractivity contribution < 1.29 is 19.2 Å². The van der Waals surface area contributed by atoms with Crippen LogP contribution in [0.3, 0.4) is 0 Å². The molecule has 6 heteroatoms. The van der Waals surface area contributed by atoms with Crippen molar-refractivity contribution in [2.24, 2.45) is 0 Å². The molecule has 4 rings (SSSR count). The van der Waals surface area contributed by atoms with Gasteiger partial charge in [-0.15, -0.1) is 0 Å². The van der Waals surface area contributed by atoms with Crippen LogP contribution in [0.2, 0.25) is 0 Å². The molecule has 0 atom stereocenters. The molecule has 0 radical (unpaired) electrons. The number of carbonyl (C=O) groups is 3. The number of fused-ring (bicyclic) bond motifs is 1. The number of rotatable bonds is 3. The topological polar surface area (TPSA) is 87.5 Å². The lowest BCUT2D eigenvalue weighted by atomic mass is 9.79. The predicted molar refractivity (Wildman–Crippen MR) is 94.3 cm³/mol. The summed E-state index contributed by atoms with van der Waals surface area (Å²) in [6, 6.07) is 15.2. The van der Waals surface area contributed by atoms with E-state index >= 15 is 0 Å². The molecule has 0 saturated heterocycles. The van der Waals surface area contributed by atoms with E-state index in [1.807, 2.05) is 0 Å². The Morgan fingerprint density at radius 1 is 0.963 bits per heavy atom. The average molecular weight is 360 g/mol. The summed E-state index contributed by atoms with van der Waals surface area (Å²) in [5, 5.41) is 9.54. The van der Waals surface area contributed by atoms with Crippen molar-refractivity contribution in [3.63, 3.8) is 0 Å². The van der Waals surface area contributed by atoms with E-state index in [0.717, 1.165) is 18.4 Å². The Morgan fingerprint density at radius 3 is 2.04 bits per heavy atom. The van der Waals surface area contributed by atoms with Crippen molar-refractivity contribution in [3.05, 3.63) is 70.8 Å². The molecule has 1 saturated carbocycles. The number of amides is 2. The summed E-state index contributed by atoms with van der Waals surface area (Å²) in [5.74, 6) is -1.87. The molecule has 0 spiro atoms. The van der Waals surface area contributed by atoms with Crippen LogP contribution in [0.5, 0.6) is 0 Å². The Labute approximate surface area is 155 Å². The van der Waals surface area contributed by atoms with Crippen molar-refractivity contribution in [2.45, 2.75) is 31.1 Å². The molecule has 27 heavy (non-hydrogen) atoms. The maximum absolute atomic E-state index is 13.1. The average Bonchev–Trinajstić information content (AvgIpc) is 3.29. The molecule has 1 fully saturated rings. The molecule has 6 nitrogen and oxygen atoms in total. The monoisotopic (exact) mass is 360 g/mol. The fourth-order valence-corrected chi connectivity index (χ4v) is 3.87. The summed E-state index contributed by atoms with van der Waals surface area (Å²) in [4.78, 5) is 43.4. The number of hydrogen-bond donors (Lipinski definition) is 0. The third kappa shape index (κ3) is 2.59. The van der Waals surface area contributed by atoms with E-state index in [1.165, 1.54) is 12.1 Å². The molecule has 0 unspecified atom stereocenters. The first-order chi connectivity index (χ1) is 13.1. The van der Waals surface area contributed by atoms with E-state index in [0.29, 0.717) is 23.5 Å². The molecular weight excluding hydrogens is 344 g/mol. The summed E-state index contributed by atoms with van der Waals surface area (Å²) < 4.78 is 0. The highest BCUT2D eigenvalue weighted by atomic mass is 16.7. The lowest BCUT2D eigenvalue weighted by molar-refractivity contribution is -0.175. The van der Waals surface area contributed by atoms with Gasteiger partial charge >= 0.3 is 5.97 Å². The van der Waals surface area contributed by atoms with Gasteiger partial charge in [0.25, 0.3) is 11.8 Å². The summed E-state index contributed by atoms with van der Waals surface area (Å²) in [6.45, 7) is 0. The van der Waals surface area contributed by atoms with Gasteiger partial charge in [-0.05, 0) is 42.7 Å². The zero-order valence-corrected chi connectivity index (χ0v) is 14.5. The van der Waals surface area contributed by atoms with E-state index in [-0.39, 0.29) is 11.1 Å². The quantitative estimate of drug-likeness (QED) is 0.785. The van der Waals surface area contributed by atoms with Crippen LogP contribution in [-0.2, 0) is 15.0 Å². The van der Waals surface area contributed by atoms with Crippen LogP contribution >= 0.6 is 0 Å². The molecule has 2 aromatic rings. The highest BCUT2D eigenvalue weighted by molar-refractivity contribution is 6.21. The second-order valence-electron chi connectivity index (χ2n) is 6.81. The second kappa shape index (κ2) is 6.36. The van der Waals surface area contributed by atoms with Gasteiger partial charge in [0.2, 0.25) is 0 Å².